The molecule has 0 amide bonds. The lowest BCUT2D eigenvalue weighted by molar-refractivity contribution is 0.0918. The minimum atomic E-state index is 0.308. The summed E-state index contributed by atoms with van der Waals surface area (Å²) < 4.78 is 0. The normalized spacial score (nSPS) is 29.5. The van der Waals surface area contributed by atoms with E-state index in [1.165, 1.54) is 19.3 Å². The predicted molar refractivity (Wildman–Crippen MR) is 73.2 cm³/mol. The monoisotopic (exact) mass is 242 g/mol. The van der Waals surface area contributed by atoms with Crippen molar-refractivity contribution < 1.29 is 5.11 Å². The van der Waals surface area contributed by atoms with Gasteiger partial charge in [-0.2, -0.15) is 0 Å². The van der Waals surface area contributed by atoms with E-state index >= 15 is 0 Å². The molecule has 2 N–H and O–H groups in total. The van der Waals surface area contributed by atoms with E-state index in [-0.39, 0.29) is 0 Å². The molecule has 3 heteroatoms. The number of hydrogen-bond donors (Lipinski definition) is 2. The zero-order chi connectivity index (χ0) is 12.9. The average molecular weight is 242 g/mol. The van der Waals surface area contributed by atoms with Crippen molar-refractivity contribution >= 4 is 0 Å². The molecule has 1 aliphatic rings. The second-order valence-corrected chi connectivity index (χ2v) is 6.08. The minimum Gasteiger partial charge on any atom is -0.395 e. The number of rotatable bonds is 7. The van der Waals surface area contributed by atoms with Crippen LogP contribution in [-0.2, 0) is 0 Å². The van der Waals surface area contributed by atoms with Crippen LogP contribution in [0.15, 0.2) is 0 Å². The van der Waals surface area contributed by atoms with Gasteiger partial charge in [0, 0.05) is 19.1 Å². The summed E-state index contributed by atoms with van der Waals surface area (Å²) >= 11 is 0. The number of nitrogens with one attached hydrogen (secondary N) is 1. The van der Waals surface area contributed by atoms with Gasteiger partial charge in [-0.05, 0) is 37.8 Å². The smallest absolute Gasteiger partial charge is 0.0589 e. The molecule has 0 aromatic rings. The van der Waals surface area contributed by atoms with Crippen LogP contribution in [0, 0.1) is 11.3 Å². The van der Waals surface area contributed by atoms with Crippen molar-refractivity contribution in [2.24, 2.45) is 11.3 Å². The molecule has 0 aromatic carbocycles. The third-order valence-electron chi connectivity index (χ3n) is 4.23. The van der Waals surface area contributed by atoms with E-state index in [9.17, 15) is 5.11 Å². The number of hydrogen-bond acceptors (Lipinski definition) is 3. The number of likely N-dealkylation sites (tertiary alicyclic amines) is 1. The van der Waals surface area contributed by atoms with Gasteiger partial charge in [0.15, 0.2) is 0 Å². The van der Waals surface area contributed by atoms with E-state index in [1.807, 2.05) is 7.05 Å². The summed E-state index contributed by atoms with van der Waals surface area (Å²) in [5, 5.41) is 12.8. The fourth-order valence-corrected chi connectivity index (χ4v) is 3.32. The van der Waals surface area contributed by atoms with Crippen LogP contribution in [0.1, 0.15) is 40.0 Å². The Morgan fingerprint density at radius 2 is 2.18 bits per heavy atom. The molecule has 0 radical (unpaired) electrons. The van der Waals surface area contributed by atoms with Crippen molar-refractivity contribution in [3.05, 3.63) is 0 Å². The second kappa shape index (κ2) is 6.72. The average Bonchev–Trinajstić information content (AvgIpc) is 2.59. The summed E-state index contributed by atoms with van der Waals surface area (Å²) in [5.74, 6) is 0.639. The van der Waals surface area contributed by atoms with Crippen LogP contribution in [0.4, 0.5) is 0 Å². The van der Waals surface area contributed by atoms with Gasteiger partial charge in [0.05, 0.1) is 6.61 Å². The van der Waals surface area contributed by atoms with Gasteiger partial charge in [0.1, 0.15) is 0 Å². The van der Waals surface area contributed by atoms with Crippen LogP contribution in [0.25, 0.3) is 0 Å². The molecule has 0 aliphatic carbocycles. The molecule has 3 atom stereocenters. The van der Waals surface area contributed by atoms with Crippen LogP contribution >= 0.6 is 0 Å². The largest absolute Gasteiger partial charge is 0.395 e. The lowest BCUT2D eigenvalue weighted by atomic mass is 9.84. The number of aliphatic hydroxyl groups excluding tert-OH is 1. The summed E-state index contributed by atoms with van der Waals surface area (Å²) in [7, 11) is 2.03. The summed E-state index contributed by atoms with van der Waals surface area (Å²) in [4.78, 5) is 2.50. The SMILES string of the molecule is CCCC(C)(CNC)CN1CCC(C)C1CO. The summed E-state index contributed by atoms with van der Waals surface area (Å²) in [5.41, 5.74) is 0.334. The molecule has 3 unspecified atom stereocenters. The van der Waals surface area contributed by atoms with Crippen molar-refractivity contribution in [3.63, 3.8) is 0 Å². The quantitative estimate of drug-likeness (QED) is 0.713. The molecule has 1 heterocycles. The molecule has 17 heavy (non-hydrogen) atoms. The van der Waals surface area contributed by atoms with Crippen molar-refractivity contribution in [3.8, 4) is 0 Å². The first-order chi connectivity index (χ1) is 8.06. The topological polar surface area (TPSA) is 35.5 Å². The van der Waals surface area contributed by atoms with E-state index in [1.54, 1.807) is 0 Å². The molecule has 1 aliphatic heterocycles. The maximum Gasteiger partial charge on any atom is 0.0589 e. The first-order valence-electron chi connectivity index (χ1n) is 7.06. The predicted octanol–water partition coefficient (Wildman–Crippen LogP) is 1.71. The Balaban J connectivity index is 2.60. The van der Waals surface area contributed by atoms with E-state index in [2.05, 4.69) is 31.0 Å². The van der Waals surface area contributed by atoms with Gasteiger partial charge >= 0.3 is 0 Å². The molecule has 3 nitrogen and oxygen atoms in total. The van der Waals surface area contributed by atoms with Gasteiger partial charge < -0.3 is 10.4 Å². The highest BCUT2D eigenvalue weighted by atomic mass is 16.3. The van der Waals surface area contributed by atoms with Crippen LogP contribution < -0.4 is 5.32 Å². The summed E-state index contributed by atoms with van der Waals surface area (Å²) in [6.07, 6.45) is 3.70. The third-order valence-corrected chi connectivity index (χ3v) is 4.23. The van der Waals surface area contributed by atoms with Crippen LogP contribution in [-0.4, -0.2) is 49.3 Å². The van der Waals surface area contributed by atoms with Crippen LogP contribution in [0.3, 0.4) is 0 Å². The minimum absolute atomic E-state index is 0.308. The van der Waals surface area contributed by atoms with E-state index in [0.717, 1.165) is 19.6 Å². The van der Waals surface area contributed by atoms with Crippen molar-refractivity contribution in [2.45, 2.75) is 46.1 Å². The molecular weight excluding hydrogens is 212 g/mol. The van der Waals surface area contributed by atoms with Gasteiger partial charge in [-0.1, -0.05) is 27.2 Å². The Morgan fingerprint density at radius 1 is 1.47 bits per heavy atom. The maximum absolute atomic E-state index is 9.51. The first-order valence-corrected chi connectivity index (χ1v) is 7.06. The fourth-order valence-electron chi connectivity index (χ4n) is 3.32. The lowest BCUT2D eigenvalue weighted by Gasteiger charge is -2.36. The molecule has 0 spiro atoms. The number of aliphatic hydroxyl groups is 1. The van der Waals surface area contributed by atoms with Crippen molar-refractivity contribution in [1.82, 2.24) is 10.2 Å². The lowest BCUT2D eigenvalue weighted by Crippen LogP contribution is -2.45. The Morgan fingerprint density at radius 3 is 2.71 bits per heavy atom. The van der Waals surface area contributed by atoms with Crippen LogP contribution in [0.2, 0.25) is 0 Å². The first kappa shape index (κ1) is 14.9. The van der Waals surface area contributed by atoms with Gasteiger partial charge in [-0.3, -0.25) is 4.90 Å². The standard InChI is InChI=1S/C14H30N2O/c1-5-7-14(3,10-15-4)11-16-8-6-12(2)13(16)9-17/h12-13,15,17H,5-11H2,1-4H3. The number of nitrogens with zero attached hydrogens (tertiary/aromatic N) is 1. The second-order valence-electron chi connectivity index (χ2n) is 6.08. The Labute approximate surface area is 107 Å². The zero-order valence-electron chi connectivity index (χ0n) is 12.0. The van der Waals surface area contributed by atoms with Crippen molar-refractivity contribution in [2.75, 3.05) is 33.3 Å². The molecular formula is C14H30N2O. The molecule has 0 bridgehead atoms. The van der Waals surface area contributed by atoms with Gasteiger partial charge in [0.2, 0.25) is 0 Å². The molecule has 102 valence electrons. The fraction of sp³-hybridized carbons (Fsp3) is 1.00. The Hall–Kier alpha value is -0.120. The van der Waals surface area contributed by atoms with E-state index in [0.29, 0.717) is 24.0 Å². The highest BCUT2D eigenvalue weighted by Gasteiger charge is 2.35. The summed E-state index contributed by atoms with van der Waals surface area (Å²) in [6.45, 7) is 10.5. The maximum atomic E-state index is 9.51. The molecule has 1 rings (SSSR count). The molecule has 0 aromatic heterocycles. The Bertz CT molecular complexity index is 214. The van der Waals surface area contributed by atoms with Crippen LogP contribution in [0.5, 0.6) is 0 Å². The Kier molecular flexibility index (Phi) is 5.90. The molecule has 1 saturated heterocycles. The molecule has 0 saturated carbocycles. The third kappa shape index (κ3) is 3.94. The highest BCUT2D eigenvalue weighted by Crippen LogP contribution is 2.30. The van der Waals surface area contributed by atoms with E-state index < -0.39 is 0 Å². The zero-order valence-corrected chi connectivity index (χ0v) is 12.0. The highest BCUT2D eigenvalue weighted by molar-refractivity contribution is 4.89. The van der Waals surface area contributed by atoms with Gasteiger partial charge in [0.25, 0.3) is 0 Å². The molecule has 1 fully saturated rings. The van der Waals surface area contributed by atoms with Gasteiger partial charge in [-0.15, -0.1) is 0 Å². The van der Waals surface area contributed by atoms with E-state index in [4.69, 9.17) is 0 Å². The van der Waals surface area contributed by atoms with Gasteiger partial charge in [-0.25, -0.2) is 0 Å². The summed E-state index contributed by atoms with van der Waals surface area (Å²) in [6, 6.07) is 0.378. The van der Waals surface area contributed by atoms with Crippen molar-refractivity contribution in [1.29, 1.82) is 0 Å².